The number of hydrogen-bond acceptors (Lipinski definition) is 6. The van der Waals surface area contributed by atoms with Gasteiger partial charge in [-0.05, 0) is 25.0 Å². The number of amides is 1. The van der Waals surface area contributed by atoms with E-state index in [1.807, 2.05) is 43.3 Å². The maximum atomic E-state index is 11.9. The maximum Gasteiger partial charge on any atom is 0.250 e. The number of hydrogen-bond donors (Lipinski definition) is 1. The highest BCUT2D eigenvalue weighted by Crippen LogP contribution is 2.21. The molecule has 0 bridgehead atoms. The number of carbonyl (C=O) groups excluding carboxylic acids is 1. The molecule has 0 unspecified atom stereocenters. The lowest BCUT2D eigenvalue weighted by molar-refractivity contribution is -0.118. The highest BCUT2D eigenvalue weighted by molar-refractivity contribution is 8.00. The van der Waals surface area contributed by atoms with Crippen LogP contribution in [0.3, 0.4) is 0 Å². The molecule has 0 saturated carbocycles. The fourth-order valence-corrected chi connectivity index (χ4v) is 3.64. The van der Waals surface area contributed by atoms with Gasteiger partial charge in [0.05, 0.1) is 12.0 Å². The maximum absolute atomic E-state index is 11.9. The van der Waals surface area contributed by atoms with Crippen molar-refractivity contribution in [3.63, 3.8) is 0 Å². The van der Waals surface area contributed by atoms with Crippen molar-refractivity contribution in [2.75, 3.05) is 11.5 Å². The van der Waals surface area contributed by atoms with Crippen LogP contribution < -0.4 is 5.43 Å². The molecule has 0 aliphatic rings. The Labute approximate surface area is 157 Å². The summed E-state index contributed by atoms with van der Waals surface area (Å²) in [6.07, 6.45) is 3.93. The first-order valence-electron chi connectivity index (χ1n) is 8.15. The molecule has 5 nitrogen and oxygen atoms in total. The van der Waals surface area contributed by atoms with Crippen LogP contribution in [0.25, 0.3) is 0 Å². The number of aromatic nitrogens is 2. The van der Waals surface area contributed by atoms with Crippen LogP contribution in [0.15, 0.2) is 51.7 Å². The summed E-state index contributed by atoms with van der Waals surface area (Å²) < 4.78 is 0. The molecule has 0 fully saturated rings. The zero-order chi connectivity index (χ0) is 17.9. The molecule has 0 aliphatic heterocycles. The van der Waals surface area contributed by atoms with Crippen LogP contribution in [0.1, 0.15) is 31.0 Å². The van der Waals surface area contributed by atoms with E-state index in [9.17, 15) is 4.79 Å². The van der Waals surface area contributed by atoms with E-state index < -0.39 is 0 Å². The first-order valence-corrected chi connectivity index (χ1v) is 10.1. The average Bonchev–Trinajstić information content (AvgIpc) is 2.61. The number of hydrazone groups is 1. The fourth-order valence-electron chi connectivity index (χ4n) is 1.85. The molecule has 7 heteroatoms. The molecule has 1 heterocycles. The molecule has 1 aromatic heterocycles. The Hall–Kier alpha value is -1.86. The summed E-state index contributed by atoms with van der Waals surface area (Å²) in [5.41, 5.74) is 4.39. The second-order valence-electron chi connectivity index (χ2n) is 5.32. The van der Waals surface area contributed by atoms with E-state index >= 15 is 0 Å². The summed E-state index contributed by atoms with van der Waals surface area (Å²) in [4.78, 5) is 20.8. The SMILES string of the molecule is CCCCSc1nc(C)cc(SCC(=O)NN=Cc2ccccc2)n1. The third-order valence-corrected chi connectivity index (χ3v) is 4.94. The molecule has 1 amide bonds. The monoisotopic (exact) mass is 374 g/mol. The number of rotatable bonds is 9. The second-order valence-corrected chi connectivity index (χ2v) is 7.38. The van der Waals surface area contributed by atoms with Crippen LogP contribution in [0.5, 0.6) is 0 Å². The van der Waals surface area contributed by atoms with Gasteiger partial charge in [-0.25, -0.2) is 15.4 Å². The summed E-state index contributed by atoms with van der Waals surface area (Å²) >= 11 is 3.05. The molecule has 0 aliphatic carbocycles. The van der Waals surface area contributed by atoms with E-state index in [0.717, 1.165) is 40.0 Å². The number of nitrogens with one attached hydrogen (secondary N) is 1. The number of thioether (sulfide) groups is 2. The Morgan fingerprint density at radius 2 is 2.04 bits per heavy atom. The quantitative estimate of drug-likeness (QED) is 0.180. The summed E-state index contributed by atoms with van der Waals surface area (Å²) in [6, 6.07) is 11.5. The van der Waals surface area contributed by atoms with E-state index in [0.29, 0.717) is 0 Å². The molecule has 1 aromatic carbocycles. The van der Waals surface area contributed by atoms with Crippen molar-refractivity contribution in [3.8, 4) is 0 Å². The van der Waals surface area contributed by atoms with Crippen molar-refractivity contribution in [3.05, 3.63) is 47.7 Å². The topological polar surface area (TPSA) is 67.2 Å². The van der Waals surface area contributed by atoms with Gasteiger partial charge in [0.1, 0.15) is 5.03 Å². The molecule has 0 radical (unpaired) electrons. The lowest BCUT2D eigenvalue weighted by Gasteiger charge is -2.05. The summed E-state index contributed by atoms with van der Waals surface area (Å²) in [6.45, 7) is 4.11. The predicted octanol–water partition coefficient (Wildman–Crippen LogP) is 3.92. The van der Waals surface area contributed by atoms with Gasteiger partial charge in [0.25, 0.3) is 0 Å². The molecule has 2 aromatic rings. The van der Waals surface area contributed by atoms with Gasteiger partial charge >= 0.3 is 0 Å². The Morgan fingerprint density at radius 1 is 1.24 bits per heavy atom. The van der Waals surface area contributed by atoms with Gasteiger partial charge in [-0.2, -0.15) is 5.10 Å². The molecule has 1 N–H and O–H groups in total. The molecule has 2 rings (SSSR count). The molecule has 0 saturated heterocycles. The van der Waals surface area contributed by atoms with Gasteiger partial charge in [-0.15, -0.1) is 0 Å². The number of aryl methyl sites for hydroxylation is 1. The van der Waals surface area contributed by atoms with Crippen LogP contribution in [-0.2, 0) is 4.79 Å². The van der Waals surface area contributed by atoms with Crippen LogP contribution in [0.4, 0.5) is 0 Å². The Bertz CT molecular complexity index is 707. The highest BCUT2D eigenvalue weighted by Gasteiger charge is 2.06. The Kier molecular flexibility index (Phi) is 8.48. The minimum Gasteiger partial charge on any atom is -0.272 e. The summed E-state index contributed by atoms with van der Waals surface area (Å²) in [5.74, 6) is 1.12. The summed E-state index contributed by atoms with van der Waals surface area (Å²) in [5, 5.41) is 5.55. The minimum absolute atomic E-state index is 0.159. The van der Waals surface area contributed by atoms with Crippen LogP contribution in [0.2, 0.25) is 0 Å². The first kappa shape index (κ1) is 19.5. The molecule has 25 heavy (non-hydrogen) atoms. The highest BCUT2D eigenvalue weighted by atomic mass is 32.2. The first-order chi connectivity index (χ1) is 12.2. The smallest absolute Gasteiger partial charge is 0.250 e. The molecule has 0 spiro atoms. The standard InChI is InChI=1S/C18H22N4OS2/c1-3-4-10-24-18-20-14(2)11-17(21-18)25-13-16(23)22-19-12-15-8-6-5-7-9-15/h5-9,11-12H,3-4,10,13H2,1-2H3,(H,22,23). The van der Waals surface area contributed by atoms with E-state index in [-0.39, 0.29) is 11.7 Å². The minimum atomic E-state index is -0.159. The van der Waals surface area contributed by atoms with Crippen molar-refractivity contribution in [1.82, 2.24) is 15.4 Å². The lowest BCUT2D eigenvalue weighted by atomic mass is 10.2. The van der Waals surface area contributed by atoms with Gasteiger partial charge < -0.3 is 0 Å². The zero-order valence-corrected chi connectivity index (χ0v) is 16.1. The van der Waals surface area contributed by atoms with E-state index in [4.69, 9.17) is 0 Å². The van der Waals surface area contributed by atoms with E-state index in [1.165, 1.54) is 11.8 Å². The Balaban J connectivity index is 1.81. The number of nitrogens with zero attached hydrogens (tertiary/aromatic N) is 3. The van der Waals surface area contributed by atoms with Gasteiger partial charge in [0.2, 0.25) is 5.91 Å². The molecule has 132 valence electrons. The third-order valence-electron chi connectivity index (χ3n) is 3.09. The third kappa shape index (κ3) is 7.70. The zero-order valence-electron chi connectivity index (χ0n) is 14.4. The van der Waals surface area contributed by atoms with E-state index in [1.54, 1.807) is 18.0 Å². The van der Waals surface area contributed by atoms with Crippen LogP contribution in [-0.4, -0.2) is 33.6 Å². The fraction of sp³-hybridized carbons (Fsp3) is 0.333. The number of benzene rings is 1. The van der Waals surface area contributed by atoms with Gasteiger partial charge in [0.15, 0.2) is 5.16 Å². The molecule has 0 atom stereocenters. The van der Waals surface area contributed by atoms with Crippen molar-refractivity contribution in [2.45, 2.75) is 36.9 Å². The van der Waals surface area contributed by atoms with Gasteiger partial charge in [-0.1, -0.05) is 67.2 Å². The average molecular weight is 375 g/mol. The summed E-state index contributed by atoms with van der Waals surface area (Å²) in [7, 11) is 0. The lowest BCUT2D eigenvalue weighted by Crippen LogP contribution is -2.19. The van der Waals surface area contributed by atoms with Gasteiger partial charge in [-0.3, -0.25) is 4.79 Å². The van der Waals surface area contributed by atoms with Gasteiger partial charge in [0, 0.05) is 11.4 Å². The molecular weight excluding hydrogens is 352 g/mol. The normalized spacial score (nSPS) is 11.0. The number of unbranched alkanes of at least 4 members (excludes halogenated alkanes) is 1. The van der Waals surface area contributed by atoms with Crippen LogP contribution >= 0.6 is 23.5 Å². The van der Waals surface area contributed by atoms with E-state index in [2.05, 4.69) is 27.4 Å². The molecular formula is C18H22N4OS2. The van der Waals surface area contributed by atoms with Crippen molar-refractivity contribution in [1.29, 1.82) is 0 Å². The largest absolute Gasteiger partial charge is 0.272 e. The number of carbonyl (C=O) groups is 1. The van der Waals surface area contributed by atoms with Crippen molar-refractivity contribution in [2.24, 2.45) is 5.10 Å². The van der Waals surface area contributed by atoms with Crippen molar-refractivity contribution < 1.29 is 4.79 Å². The second kappa shape index (κ2) is 10.9. The Morgan fingerprint density at radius 3 is 2.80 bits per heavy atom. The predicted molar refractivity (Wildman–Crippen MR) is 105 cm³/mol. The van der Waals surface area contributed by atoms with Crippen LogP contribution in [0, 0.1) is 6.92 Å². The van der Waals surface area contributed by atoms with Crippen molar-refractivity contribution >= 4 is 35.6 Å².